The van der Waals surface area contributed by atoms with Gasteiger partial charge in [-0.3, -0.25) is 0 Å². The lowest BCUT2D eigenvalue weighted by molar-refractivity contribution is 0.110. The third-order valence-corrected chi connectivity index (χ3v) is 3.16. The van der Waals surface area contributed by atoms with Crippen LogP contribution in [0.3, 0.4) is 0 Å². The number of hydrogen-bond acceptors (Lipinski definition) is 3. The van der Waals surface area contributed by atoms with Gasteiger partial charge in [0.15, 0.2) is 0 Å². The second kappa shape index (κ2) is 11.2. The molecule has 0 aliphatic heterocycles. The monoisotopic (exact) mass is 326 g/mol. The molecule has 2 aromatic rings. The minimum absolute atomic E-state index is 0.139. The van der Waals surface area contributed by atoms with E-state index in [9.17, 15) is 0 Å². The van der Waals surface area contributed by atoms with Crippen LogP contribution in [0, 0.1) is 0 Å². The average Bonchev–Trinajstić information content (AvgIpc) is 2.59. The van der Waals surface area contributed by atoms with Gasteiger partial charge in [-0.15, -0.1) is 13.2 Å². The summed E-state index contributed by atoms with van der Waals surface area (Å²) in [7, 11) is 0. The van der Waals surface area contributed by atoms with E-state index in [1.165, 1.54) is 6.92 Å². The summed E-state index contributed by atoms with van der Waals surface area (Å²) in [6.07, 6.45) is 4.82. The van der Waals surface area contributed by atoms with Gasteiger partial charge in [-0.05, 0) is 43.0 Å². The van der Waals surface area contributed by atoms with E-state index in [1.807, 2.05) is 48.6 Å². The van der Waals surface area contributed by atoms with Crippen molar-refractivity contribution in [1.29, 1.82) is 0 Å². The van der Waals surface area contributed by atoms with Crippen LogP contribution in [0.4, 0.5) is 0 Å². The van der Waals surface area contributed by atoms with Gasteiger partial charge in [0.25, 0.3) is 0 Å². The standard InChI is InChI=1S/C18H18O.C3H8O2/c1-3-9-15-11-5-7-13-17(15)19-18-14-8-6-12-16(18)10-4-2;1-3(5)2-4/h3-8,11-14H,1-2,9-10H2;3-5H,2H2,1H3. The van der Waals surface area contributed by atoms with Crippen LogP contribution in [-0.2, 0) is 12.8 Å². The van der Waals surface area contributed by atoms with Crippen molar-refractivity contribution in [3.05, 3.63) is 85.0 Å². The van der Waals surface area contributed by atoms with E-state index in [0.29, 0.717) is 0 Å². The van der Waals surface area contributed by atoms with E-state index in [-0.39, 0.29) is 6.61 Å². The van der Waals surface area contributed by atoms with Gasteiger partial charge in [-0.1, -0.05) is 48.6 Å². The molecule has 0 aromatic heterocycles. The summed E-state index contributed by atoms with van der Waals surface area (Å²) in [6.45, 7) is 8.95. The first-order chi connectivity index (χ1) is 11.6. The van der Waals surface area contributed by atoms with Gasteiger partial charge < -0.3 is 14.9 Å². The zero-order chi connectivity index (χ0) is 17.8. The van der Waals surface area contributed by atoms with Crippen molar-refractivity contribution in [2.75, 3.05) is 6.61 Å². The molecule has 1 unspecified atom stereocenters. The largest absolute Gasteiger partial charge is 0.457 e. The molecule has 0 fully saturated rings. The number of allylic oxidation sites excluding steroid dienone is 2. The zero-order valence-electron chi connectivity index (χ0n) is 14.2. The van der Waals surface area contributed by atoms with Crippen LogP contribution in [0.25, 0.3) is 0 Å². The fourth-order valence-electron chi connectivity index (χ4n) is 1.97. The van der Waals surface area contributed by atoms with Crippen LogP contribution >= 0.6 is 0 Å². The highest BCUT2D eigenvalue weighted by Crippen LogP contribution is 2.28. The topological polar surface area (TPSA) is 49.7 Å². The van der Waals surface area contributed by atoms with E-state index in [2.05, 4.69) is 25.3 Å². The summed E-state index contributed by atoms with van der Waals surface area (Å²) in [6, 6.07) is 16.1. The first-order valence-corrected chi connectivity index (χ1v) is 7.96. The van der Waals surface area contributed by atoms with Crippen molar-refractivity contribution in [1.82, 2.24) is 0 Å². The molecule has 0 aliphatic rings. The van der Waals surface area contributed by atoms with Gasteiger partial charge in [0.1, 0.15) is 11.5 Å². The van der Waals surface area contributed by atoms with Crippen molar-refractivity contribution in [2.24, 2.45) is 0 Å². The predicted molar refractivity (Wildman–Crippen MR) is 99.5 cm³/mol. The smallest absolute Gasteiger partial charge is 0.130 e. The number of hydrogen-bond donors (Lipinski definition) is 2. The number of aliphatic hydroxyl groups is 2. The van der Waals surface area contributed by atoms with Crippen LogP contribution in [0.1, 0.15) is 18.1 Å². The highest BCUT2D eigenvalue weighted by Gasteiger charge is 2.06. The Kier molecular flexibility index (Phi) is 9.20. The second-order valence-corrected chi connectivity index (χ2v) is 5.33. The molecule has 128 valence electrons. The third-order valence-electron chi connectivity index (χ3n) is 3.16. The van der Waals surface area contributed by atoms with Crippen molar-refractivity contribution in [2.45, 2.75) is 25.9 Å². The Hall–Kier alpha value is -2.36. The SMILES string of the molecule is C=CCc1ccccc1Oc1ccccc1CC=C.CC(O)CO. The third kappa shape index (κ3) is 6.82. The van der Waals surface area contributed by atoms with E-state index in [1.54, 1.807) is 0 Å². The van der Waals surface area contributed by atoms with Gasteiger partial charge in [0, 0.05) is 0 Å². The van der Waals surface area contributed by atoms with Gasteiger partial charge >= 0.3 is 0 Å². The molecule has 0 saturated carbocycles. The predicted octanol–water partition coefficient (Wildman–Crippen LogP) is 4.30. The van der Waals surface area contributed by atoms with Crippen molar-refractivity contribution in [3.63, 3.8) is 0 Å². The number of rotatable bonds is 7. The Balaban J connectivity index is 0.000000505. The van der Waals surface area contributed by atoms with E-state index in [4.69, 9.17) is 14.9 Å². The number of ether oxygens (including phenoxy) is 1. The molecular formula is C21H26O3. The zero-order valence-corrected chi connectivity index (χ0v) is 14.2. The molecule has 0 aliphatic carbocycles. The molecule has 0 heterocycles. The molecule has 3 nitrogen and oxygen atoms in total. The van der Waals surface area contributed by atoms with Crippen LogP contribution in [0.15, 0.2) is 73.8 Å². The molecule has 0 spiro atoms. The van der Waals surface area contributed by atoms with Gasteiger partial charge in [0.05, 0.1) is 12.7 Å². The highest BCUT2D eigenvalue weighted by atomic mass is 16.5. The van der Waals surface area contributed by atoms with Crippen molar-refractivity contribution >= 4 is 0 Å². The first-order valence-electron chi connectivity index (χ1n) is 7.96. The molecule has 2 aromatic carbocycles. The Morgan fingerprint density at radius 2 is 1.29 bits per heavy atom. The first kappa shape index (κ1) is 19.7. The van der Waals surface area contributed by atoms with Crippen molar-refractivity contribution < 1.29 is 14.9 Å². The maximum Gasteiger partial charge on any atom is 0.130 e. The molecule has 2 N–H and O–H groups in total. The minimum atomic E-state index is -0.560. The lowest BCUT2D eigenvalue weighted by Gasteiger charge is -2.12. The molecular weight excluding hydrogens is 300 g/mol. The van der Waals surface area contributed by atoms with Crippen LogP contribution < -0.4 is 4.74 Å². The summed E-state index contributed by atoms with van der Waals surface area (Å²) < 4.78 is 6.05. The summed E-state index contributed by atoms with van der Waals surface area (Å²) in [5.74, 6) is 1.78. The van der Waals surface area contributed by atoms with Crippen LogP contribution in [-0.4, -0.2) is 22.9 Å². The molecule has 0 saturated heterocycles. The summed E-state index contributed by atoms with van der Waals surface area (Å²) >= 11 is 0. The van der Waals surface area contributed by atoms with Crippen molar-refractivity contribution in [3.8, 4) is 11.5 Å². The molecule has 24 heavy (non-hydrogen) atoms. The lowest BCUT2D eigenvalue weighted by Crippen LogP contribution is -2.03. The number of benzene rings is 2. The maximum atomic E-state index is 8.11. The number of aliphatic hydroxyl groups excluding tert-OH is 2. The van der Waals surface area contributed by atoms with E-state index < -0.39 is 6.10 Å². The highest BCUT2D eigenvalue weighted by molar-refractivity contribution is 5.42. The summed E-state index contributed by atoms with van der Waals surface area (Å²) in [4.78, 5) is 0. The average molecular weight is 326 g/mol. The lowest BCUT2D eigenvalue weighted by atomic mass is 10.1. The molecule has 1 atom stereocenters. The Morgan fingerprint density at radius 3 is 1.62 bits per heavy atom. The molecule has 3 heteroatoms. The molecule has 2 rings (SSSR count). The van der Waals surface area contributed by atoms with Crippen LogP contribution in [0.5, 0.6) is 11.5 Å². The Morgan fingerprint density at radius 1 is 0.917 bits per heavy atom. The summed E-state index contributed by atoms with van der Waals surface area (Å²) in [5.41, 5.74) is 2.29. The van der Waals surface area contributed by atoms with Gasteiger partial charge in [-0.2, -0.15) is 0 Å². The Bertz CT molecular complexity index is 581. The van der Waals surface area contributed by atoms with Gasteiger partial charge in [-0.25, -0.2) is 0 Å². The van der Waals surface area contributed by atoms with E-state index >= 15 is 0 Å². The van der Waals surface area contributed by atoms with Crippen LogP contribution in [0.2, 0.25) is 0 Å². The second-order valence-electron chi connectivity index (χ2n) is 5.33. The maximum absolute atomic E-state index is 8.11. The number of para-hydroxylation sites is 2. The van der Waals surface area contributed by atoms with E-state index in [0.717, 1.165) is 35.5 Å². The fourth-order valence-corrected chi connectivity index (χ4v) is 1.97. The minimum Gasteiger partial charge on any atom is -0.457 e. The Labute approximate surface area is 144 Å². The van der Waals surface area contributed by atoms with Gasteiger partial charge in [0.2, 0.25) is 0 Å². The quantitative estimate of drug-likeness (QED) is 0.746. The normalized spacial score (nSPS) is 11.0. The fraction of sp³-hybridized carbons (Fsp3) is 0.238. The summed E-state index contributed by atoms with van der Waals surface area (Å²) in [5, 5.41) is 16.0. The molecule has 0 amide bonds. The molecule has 0 radical (unpaired) electrons. The molecule has 0 bridgehead atoms.